The molecule has 0 spiro atoms. The minimum Gasteiger partial charge on any atom is -0.270 e. The van der Waals surface area contributed by atoms with Crippen LogP contribution in [0.25, 0.3) is 5.69 Å². The van der Waals surface area contributed by atoms with Crippen molar-refractivity contribution in [3.05, 3.63) is 60.9 Å². The Kier molecular flexibility index (Phi) is 2.91. The van der Waals surface area contributed by atoms with Gasteiger partial charge in [0.05, 0.1) is 4.92 Å². The lowest BCUT2D eigenvalue weighted by molar-refractivity contribution is -0.384. The van der Waals surface area contributed by atoms with Gasteiger partial charge in [0.2, 0.25) is 5.69 Å². The van der Waals surface area contributed by atoms with E-state index in [-0.39, 0.29) is 11.4 Å². The summed E-state index contributed by atoms with van der Waals surface area (Å²) in [5.41, 5.74) is -2.96. The van der Waals surface area contributed by atoms with E-state index in [0.29, 0.717) is 4.68 Å². The Morgan fingerprint density at radius 2 is 2.05 bits per heavy atom. The van der Waals surface area contributed by atoms with Gasteiger partial charge in [-0.25, -0.2) is 4.79 Å². The van der Waals surface area contributed by atoms with Crippen molar-refractivity contribution in [3.8, 4) is 11.8 Å². The number of benzene rings is 1. The summed E-state index contributed by atoms with van der Waals surface area (Å²) < 4.78 is 0.609. The van der Waals surface area contributed by atoms with Crippen molar-refractivity contribution < 1.29 is 4.92 Å². The maximum absolute atomic E-state index is 11.6. The minimum absolute atomic E-state index is 0.134. The van der Waals surface area contributed by atoms with E-state index in [4.69, 9.17) is 5.26 Å². The Morgan fingerprint density at radius 1 is 1.37 bits per heavy atom. The molecule has 0 saturated heterocycles. The van der Waals surface area contributed by atoms with Gasteiger partial charge in [-0.05, 0) is 6.07 Å². The molecule has 0 radical (unpaired) electrons. The van der Waals surface area contributed by atoms with E-state index in [9.17, 15) is 19.7 Å². The molecular formula is C10H5N5O4. The van der Waals surface area contributed by atoms with E-state index >= 15 is 0 Å². The zero-order chi connectivity index (χ0) is 14.0. The van der Waals surface area contributed by atoms with Crippen molar-refractivity contribution in [1.29, 1.82) is 5.26 Å². The lowest BCUT2D eigenvalue weighted by atomic mass is 10.3. The van der Waals surface area contributed by atoms with Gasteiger partial charge in [0.1, 0.15) is 11.8 Å². The fraction of sp³-hybridized carbons (Fsp3) is 0. The van der Waals surface area contributed by atoms with E-state index in [2.05, 4.69) is 5.10 Å². The van der Waals surface area contributed by atoms with Crippen LogP contribution in [0, 0.1) is 21.4 Å². The van der Waals surface area contributed by atoms with Gasteiger partial charge in [0.15, 0.2) is 0 Å². The number of H-pyrrole nitrogens is 1. The topological polar surface area (TPSA) is 135 Å². The second-order valence-electron chi connectivity index (χ2n) is 3.38. The molecule has 2 rings (SSSR count). The first kappa shape index (κ1) is 12.2. The van der Waals surface area contributed by atoms with Crippen LogP contribution in [-0.4, -0.2) is 19.7 Å². The fourth-order valence-electron chi connectivity index (χ4n) is 1.43. The molecule has 9 nitrogen and oxygen atoms in total. The molecule has 1 heterocycles. The van der Waals surface area contributed by atoms with E-state index < -0.39 is 21.9 Å². The number of nitrogens with one attached hydrogen (secondary N) is 1. The molecule has 0 atom stereocenters. The SMILES string of the molecule is N#Cc1nn(-c2ccccc2[N+](=O)[O-])c(=O)[nH]c1=O. The standard InChI is InChI=1S/C10H5N5O4/c11-5-6-9(16)12-10(17)14(13-6)7-3-1-2-4-8(7)15(18)19/h1-4H,(H,12,16,17). The lowest BCUT2D eigenvalue weighted by Gasteiger charge is -2.03. The smallest absolute Gasteiger partial charge is 0.270 e. The highest BCUT2D eigenvalue weighted by Crippen LogP contribution is 2.19. The number of nitrogens with zero attached hydrogens (tertiary/aromatic N) is 4. The molecule has 0 unspecified atom stereocenters. The largest absolute Gasteiger partial charge is 0.349 e. The van der Waals surface area contributed by atoms with Crippen molar-refractivity contribution >= 4 is 5.69 Å². The Bertz CT molecular complexity index is 814. The Morgan fingerprint density at radius 3 is 2.68 bits per heavy atom. The van der Waals surface area contributed by atoms with Crippen molar-refractivity contribution in [2.75, 3.05) is 0 Å². The van der Waals surface area contributed by atoms with Gasteiger partial charge in [-0.2, -0.15) is 9.94 Å². The third kappa shape index (κ3) is 2.09. The van der Waals surface area contributed by atoms with Gasteiger partial charge in [-0.1, -0.05) is 12.1 Å². The molecule has 9 heteroatoms. The molecule has 0 fully saturated rings. The van der Waals surface area contributed by atoms with Crippen LogP contribution in [0.4, 0.5) is 5.69 Å². The Labute approximate surface area is 104 Å². The van der Waals surface area contributed by atoms with Gasteiger partial charge in [-0.3, -0.25) is 19.9 Å². The highest BCUT2D eigenvalue weighted by Gasteiger charge is 2.17. The second kappa shape index (κ2) is 4.53. The normalized spacial score (nSPS) is 9.84. The van der Waals surface area contributed by atoms with Gasteiger partial charge >= 0.3 is 5.69 Å². The maximum Gasteiger partial charge on any atom is 0.349 e. The monoisotopic (exact) mass is 259 g/mol. The molecule has 0 aliphatic carbocycles. The van der Waals surface area contributed by atoms with E-state index in [0.717, 1.165) is 0 Å². The van der Waals surface area contributed by atoms with Crippen LogP contribution < -0.4 is 11.2 Å². The molecule has 1 aromatic carbocycles. The van der Waals surface area contributed by atoms with Crippen LogP contribution in [0.5, 0.6) is 0 Å². The molecule has 0 aliphatic heterocycles. The number of aromatic amines is 1. The fourth-order valence-corrected chi connectivity index (χ4v) is 1.43. The summed E-state index contributed by atoms with van der Waals surface area (Å²) in [5.74, 6) is 0. The molecule has 94 valence electrons. The number of nitro benzene ring substituents is 1. The number of nitro groups is 1. The molecule has 0 bridgehead atoms. The average Bonchev–Trinajstić information content (AvgIpc) is 2.39. The number of nitriles is 1. The molecular weight excluding hydrogens is 254 g/mol. The number of hydrogen-bond acceptors (Lipinski definition) is 6. The Balaban J connectivity index is 2.81. The highest BCUT2D eigenvalue weighted by atomic mass is 16.6. The molecule has 0 amide bonds. The van der Waals surface area contributed by atoms with Crippen LogP contribution in [-0.2, 0) is 0 Å². The average molecular weight is 259 g/mol. The van der Waals surface area contributed by atoms with Gasteiger partial charge in [0.25, 0.3) is 11.2 Å². The lowest BCUT2D eigenvalue weighted by Crippen LogP contribution is -2.33. The molecule has 19 heavy (non-hydrogen) atoms. The van der Waals surface area contributed by atoms with Crippen molar-refractivity contribution in [3.63, 3.8) is 0 Å². The molecule has 0 aliphatic rings. The van der Waals surface area contributed by atoms with Gasteiger partial charge < -0.3 is 0 Å². The predicted molar refractivity (Wildman–Crippen MR) is 61.8 cm³/mol. The number of para-hydroxylation sites is 2. The number of hydrogen-bond donors (Lipinski definition) is 1. The summed E-state index contributed by atoms with van der Waals surface area (Å²) in [6.45, 7) is 0. The number of aromatic nitrogens is 3. The molecule has 0 saturated carbocycles. The zero-order valence-corrected chi connectivity index (χ0v) is 9.23. The van der Waals surface area contributed by atoms with Gasteiger partial charge in [0, 0.05) is 6.07 Å². The first-order valence-corrected chi connectivity index (χ1v) is 4.92. The Hall–Kier alpha value is -3.28. The number of rotatable bonds is 2. The summed E-state index contributed by atoms with van der Waals surface area (Å²) in [6, 6.07) is 6.85. The summed E-state index contributed by atoms with van der Waals surface area (Å²) in [6.07, 6.45) is 0. The summed E-state index contributed by atoms with van der Waals surface area (Å²) in [7, 11) is 0. The van der Waals surface area contributed by atoms with Crippen LogP contribution in [0.1, 0.15) is 5.69 Å². The van der Waals surface area contributed by atoms with E-state index in [1.807, 2.05) is 4.98 Å². The minimum atomic E-state index is -0.960. The zero-order valence-electron chi connectivity index (χ0n) is 9.23. The van der Waals surface area contributed by atoms with Crippen LogP contribution >= 0.6 is 0 Å². The second-order valence-corrected chi connectivity index (χ2v) is 3.38. The summed E-state index contributed by atoms with van der Waals surface area (Å²) >= 11 is 0. The maximum atomic E-state index is 11.6. The van der Waals surface area contributed by atoms with Crippen molar-refractivity contribution in [2.45, 2.75) is 0 Å². The summed E-state index contributed by atoms with van der Waals surface area (Å²) in [5, 5.41) is 23.0. The first-order valence-electron chi connectivity index (χ1n) is 4.92. The van der Waals surface area contributed by atoms with E-state index in [1.54, 1.807) is 0 Å². The van der Waals surface area contributed by atoms with Crippen LogP contribution in [0.15, 0.2) is 33.9 Å². The quantitative estimate of drug-likeness (QED) is 0.581. The summed E-state index contributed by atoms with van der Waals surface area (Å²) in [4.78, 5) is 34.8. The van der Waals surface area contributed by atoms with Crippen molar-refractivity contribution in [1.82, 2.24) is 14.8 Å². The third-order valence-electron chi connectivity index (χ3n) is 2.24. The van der Waals surface area contributed by atoms with Crippen LogP contribution in [0.3, 0.4) is 0 Å². The molecule has 1 aromatic heterocycles. The van der Waals surface area contributed by atoms with Gasteiger partial charge in [-0.15, -0.1) is 5.10 Å². The van der Waals surface area contributed by atoms with Crippen molar-refractivity contribution in [2.24, 2.45) is 0 Å². The molecule has 1 N–H and O–H groups in total. The first-order chi connectivity index (χ1) is 9.04. The van der Waals surface area contributed by atoms with Crippen LogP contribution in [0.2, 0.25) is 0 Å². The third-order valence-corrected chi connectivity index (χ3v) is 2.24. The molecule has 2 aromatic rings. The van der Waals surface area contributed by atoms with E-state index in [1.165, 1.54) is 30.3 Å². The predicted octanol–water partition coefficient (Wildman–Crippen LogP) is -0.299. The highest BCUT2D eigenvalue weighted by molar-refractivity contribution is 5.51.